The van der Waals surface area contributed by atoms with Gasteiger partial charge in [-0.15, -0.1) is 0 Å². The third-order valence-electron chi connectivity index (χ3n) is 7.46. The number of pyridine rings is 1. The van der Waals surface area contributed by atoms with Crippen LogP contribution in [0.3, 0.4) is 0 Å². The molecule has 6 heteroatoms. The van der Waals surface area contributed by atoms with E-state index in [0.717, 1.165) is 48.7 Å². The number of rotatable bonds is 4. The van der Waals surface area contributed by atoms with Gasteiger partial charge in [-0.25, -0.2) is 0 Å². The number of alkyl halides is 3. The fourth-order valence-electron chi connectivity index (χ4n) is 5.71. The van der Waals surface area contributed by atoms with Gasteiger partial charge in [0.25, 0.3) is 0 Å². The first-order chi connectivity index (χ1) is 17.5. The number of nitrogens with zero attached hydrogens (tertiary/aromatic N) is 2. The first-order valence-corrected chi connectivity index (χ1v) is 12.3. The molecule has 182 valence electrons. The van der Waals surface area contributed by atoms with E-state index in [0.29, 0.717) is 23.2 Å². The number of hydrogen-bond donors (Lipinski definition) is 1. The zero-order valence-corrected chi connectivity index (χ0v) is 19.7. The van der Waals surface area contributed by atoms with E-state index in [1.807, 2.05) is 18.3 Å². The summed E-state index contributed by atoms with van der Waals surface area (Å²) in [6, 6.07) is 20.4. The van der Waals surface area contributed by atoms with Crippen LogP contribution in [0.15, 0.2) is 91.4 Å². The molecule has 0 unspecified atom stereocenters. The Kier molecular flexibility index (Phi) is 5.76. The van der Waals surface area contributed by atoms with E-state index in [1.54, 1.807) is 18.5 Å². The normalized spacial score (nSPS) is 20.2. The van der Waals surface area contributed by atoms with Crippen LogP contribution in [0.5, 0.6) is 0 Å². The van der Waals surface area contributed by atoms with Crippen LogP contribution in [0.1, 0.15) is 35.4 Å². The van der Waals surface area contributed by atoms with Crippen molar-refractivity contribution in [3.05, 3.63) is 108 Å². The second kappa shape index (κ2) is 9.10. The van der Waals surface area contributed by atoms with Crippen molar-refractivity contribution in [2.24, 2.45) is 0 Å². The summed E-state index contributed by atoms with van der Waals surface area (Å²) in [5.74, 6) is 0.512. The van der Waals surface area contributed by atoms with E-state index in [1.165, 1.54) is 23.3 Å². The predicted octanol–water partition coefficient (Wildman–Crippen LogP) is 7.41. The smallest absolute Gasteiger partial charge is 0.360 e. The van der Waals surface area contributed by atoms with Crippen LogP contribution in [0.2, 0.25) is 0 Å². The molecule has 3 nitrogen and oxygen atoms in total. The van der Waals surface area contributed by atoms with Crippen molar-refractivity contribution < 1.29 is 13.2 Å². The maximum absolute atomic E-state index is 13.4. The number of hydrogen-bond acceptors (Lipinski definition) is 2. The van der Waals surface area contributed by atoms with E-state index in [4.69, 9.17) is 0 Å². The van der Waals surface area contributed by atoms with Gasteiger partial charge in [-0.3, -0.25) is 9.88 Å². The van der Waals surface area contributed by atoms with Crippen LogP contribution in [-0.2, 0) is 6.18 Å². The van der Waals surface area contributed by atoms with Crippen LogP contribution < -0.4 is 0 Å². The van der Waals surface area contributed by atoms with Crippen molar-refractivity contribution in [1.82, 2.24) is 14.9 Å². The Morgan fingerprint density at radius 2 is 1.72 bits per heavy atom. The molecule has 2 atom stereocenters. The van der Waals surface area contributed by atoms with Gasteiger partial charge in [-0.2, -0.15) is 13.2 Å². The molecule has 4 heterocycles. The molecule has 0 aliphatic carbocycles. The minimum Gasteiger partial charge on any atom is -0.360 e. The lowest BCUT2D eigenvalue weighted by atomic mass is 9.89. The van der Waals surface area contributed by atoms with Crippen molar-refractivity contribution >= 4 is 5.57 Å². The summed E-state index contributed by atoms with van der Waals surface area (Å²) in [6.45, 7) is 2.03. The lowest BCUT2D eigenvalue weighted by Gasteiger charge is -2.28. The number of fused-ring (bicyclic) bond motifs is 1. The molecule has 1 fully saturated rings. The van der Waals surface area contributed by atoms with E-state index >= 15 is 0 Å². The molecular formula is C30H26F3N3. The van der Waals surface area contributed by atoms with Crippen LogP contribution in [0, 0.1) is 0 Å². The highest BCUT2D eigenvalue weighted by Crippen LogP contribution is 2.43. The Labute approximate surface area is 208 Å². The van der Waals surface area contributed by atoms with Gasteiger partial charge in [0.15, 0.2) is 0 Å². The minimum absolute atomic E-state index is 0.358. The second-order valence-corrected chi connectivity index (χ2v) is 9.61. The summed E-state index contributed by atoms with van der Waals surface area (Å²) < 4.78 is 40.3. The lowest BCUT2D eigenvalue weighted by molar-refractivity contribution is -0.137. The van der Waals surface area contributed by atoms with E-state index in [9.17, 15) is 13.2 Å². The van der Waals surface area contributed by atoms with E-state index in [-0.39, 0.29) is 0 Å². The zero-order chi connectivity index (χ0) is 24.7. The Balaban J connectivity index is 1.40. The largest absolute Gasteiger partial charge is 0.416 e. The average Bonchev–Trinajstić information content (AvgIpc) is 3.54. The van der Waals surface area contributed by atoms with Crippen molar-refractivity contribution in [3.63, 3.8) is 0 Å². The van der Waals surface area contributed by atoms with Crippen molar-refractivity contribution in [2.45, 2.75) is 31.0 Å². The van der Waals surface area contributed by atoms with Gasteiger partial charge in [0.2, 0.25) is 0 Å². The predicted molar refractivity (Wildman–Crippen MR) is 136 cm³/mol. The number of aromatic amines is 1. The molecule has 0 amide bonds. The number of H-pyrrole nitrogens is 1. The molecular weight excluding hydrogens is 459 g/mol. The molecule has 6 rings (SSSR count). The van der Waals surface area contributed by atoms with Gasteiger partial charge in [0, 0.05) is 48.8 Å². The summed E-state index contributed by atoms with van der Waals surface area (Å²) in [5, 5.41) is 0. The second-order valence-electron chi connectivity index (χ2n) is 9.61. The molecule has 4 aromatic rings. The van der Waals surface area contributed by atoms with Gasteiger partial charge >= 0.3 is 6.18 Å². The fourth-order valence-corrected chi connectivity index (χ4v) is 5.71. The van der Waals surface area contributed by atoms with Crippen molar-refractivity contribution in [1.29, 1.82) is 0 Å². The van der Waals surface area contributed by atoms with Gasteiger partial charge in [0.1, 0.15) is 0 Å². The Morgan fingerprint density at radius 3 is 2.50 bits per heavy atom. The fraction of sp³-hybridized carbons (Fsp3) is 0.233. The van der Waals surface area contributed by atoms with E-state index in [2.05, 4.69) is 51.3 Å². The molecule has 0 saturated carbocycles. The Bertz CT molecular complexity index is 1390. The summed E-state index contributed by atoms with van der Waals surface area (Å²) >= 11 is 0. The molecule has 0 bridgehead atoms. The topological polar surface area (TPSA) is 31.9 Å². The SMILES string of the molecule is FC(F)(F)c1cccc(-c2[nH]cc(C3=C[C@@H]4C[C@@H](c5ccccc5)CN4CC3)c2-c2ccncc2)c1. The van der Waals surface area contributed by atoms with Gasteiger partial charge in [-0.1, -0.05) is 48.5 Å². The summed E-state index contributed by atoms with van der Waals surface area (Å²) in [6.07, 6.45) is 5.35. The van der Waals surface area contributed by atoms with Crippen molar-refractivity contribution in [2.75, 3.05) is 13.1 Å². The van der Waals surface area contributed by atoms with Crippen LogP contribution in [-0.4, -0.2) is 34.0 Å². The molecule has 2 aromatic heterocycles. The third-order valence-corrected chi connectivity index (χ3v) is 7.46. The Hall–Kier alpha value is -3.64. The summed E-state index contributed by atoms with van der Waals surface area (Å²) in [5.41, 5.74) is 6.10. The number of benzene rings is 2. The molecule has 0 spiro atoms. The van der Waals surface area contributed by atoms with Gasteiger partial charge < -0.3 is 4.98 Å². The maximum atomic E-state index is 13.4. The number of halogens is 3. The number of nitrogens with one attached hydrogen (secondary N) is 1. The summed E-state index contributed by atoms with van der Waals surface area (Å²) in [7, 11) is 0. The quantitative estimate of drug-likeness (QED) is 0.326. The molecule has 1 N–H and O–H groups in total. The van der Waals surface area contributed by atoms with Crippen molar-refractivity contribution in [3.8, 4) is 22.4 Å². The van der Waals surface area contributed by atoms with Crippen LogP contribution >= 0.6 is 0 Å². The molecule has 36 heavy (non-hydrogen) atoms. The summed E-state index contributed by atoms with van der Waals surface area (Å²) in [4.78, 5) is 10.0. The molecule has 2 aromatic carbocycles. The highest BCUT2D eigenvalue weighted by Gasteiger charge is 2.35. The maximum Gasteiger partial charge on any atom is 0.416 e. The third kappa shape index (κ3) is 4.26. The lowest BCUT2D eigenvalue weighted by Crippen LogP contribution is -2.32. The highest BCUT2D eigenvalue weighted by atomic mass is 19.4. The molecule has 2 aliphatic rings. The standard InChI is InChI=1S/C30H26F3N3/c31-30(32,33)25-8-4-7-23(15-25)29-28(21-9-12-34-13-10-21)27(18-35-29)22-11-14-36-19-24(17-26(36)16-22)20-5-2-1-3-6-20/h1-10,12-13,15-16,18,24,26,35H,11,14,17,19H2/t24-,26-/m1/s1. The Morgan fingerprint density at radius 1 is 0.917 bits per heavy atom. The zero-order valence-electron chi connectivity index (χ0n) is 19.7. The molecule has 0 radical (unpaired) electrons. The van der Waals surface area contributed by atoms with Gasteiger partial charge in [0.05, 0.1) is 11.3 Å². The van der Waals surface area contributed by atoms with E-state index < -0.39 is 11.7 Å². The minimum atomic E-state index is -4.39. The number of aromatic nitrogens is 2. The van der Waals surface area contributed by atoms with Gasteiger partial charge in [-0.05, 0) is 65.3 Å². The monoisotopic (exact) mass is 485 g/mol. The van der Waals surface area contributed by atoms with Crippen LogP contribution in [0.4, 0.5) is 13.2 Å². The molecule has 2 aliphatic heterocycles. The highest BCUT2D eigenvalue weighted by molar-refractivity contribution is 5.91. The first-order valence-electron chi connectivity index (χ1n) is 12.3. The van der Waals surface area contributed by atoms with Crippen LogP contribution in [0.25, 0.3) is 28.0 Å². The first kappa shape index (κ1) is 22.8. The molecule has 1 saturated heterocycles. The average molecular weight is 486 g/mol.